The van der Waals surface area contributed by atoms with Gasteiger partial charge in [0.05, 0.1) is 11.6 Å². The SMILES string of the molecule is COc1nc(C(=N)NOCC(=O)c2ccc(F)c(F)c2)ccc1Br. The highest BCUT2D eigenvalue weighted by molar-refractivity contribution is 9.10. The first kappa shape index (κ1) is 18.0. The zero-order chi connectivity index (χ0) is 17.7. The molecule has 0 radical (unpaired) electrons. The van der Waals surface area contributed by atoms with E-state index in [0.29, 0.717) is 4.47 Å². The molecule has 0 spiro atoms. The van der Waals surface area contributed by atoms with Gasteiger partial charge in [-0.1, -0.05) is 0 Å². The van der Waals surface area contributed by atoms with Crippen molar-refractivity contribution < 1.29 is 23.1 Å². The molecule has 126 valence electrons. The number of methoxy groups -OCH3 is 1. The molecule has 2 N–H and O–H groups in total. The molecule has 1 aromatic carbocycles. The average molecular weight is 400 g/mol. The second-order valence-electron chi connectivity index (χ2n) is 4.51. The largest absolute Gasteiger partial charge is 0.480 e. The van der Waals surface area contributed by atoms with E-state index < -0.39 is 24.0 Å². The number of halogens is 3. The predicted molar refractivity (Wildman–Crippen MR) is 85.1 cm³/mol. The van der Waals surface area contributed by atoms with Gasteiger partial charge in [0.2, 0.25) is 5.88 Å². The second-order valence-corrected chi connectivity index (χ2v) is 5.36. The van der Waals surface area contributed by atoms with E-state index in [1.165, 1.54) is 7.11 Å². The van der Waals surface area contributed by atoms with Crippen molar-refractivity contribution in [3.8, 4) is 5.88 Å². The van der Waals surface area contributed by atoms with E-state index >= 15 is 0 Å². The summed E-state index contributed by atoms with van der Waals surface area (Å²) in [6.45, 7) is -0.471. The Morgan fingerprint density at radius 3 is 2.71 bits per heavy atom. The molecule has 6 nitrogen and oxygen atoms in total. The van der Waals surface area contributed by atoms with Gasteiger partial charge < -0.3 is 4.74 Å². The Bertz CT molecular complexity index is 787. The number of nitrogens with zero attached hydrogens (tertiary/aromatic N) is 1. The number of benzene rings is 1. The topological polar surface area (TPSA) is 84.3 Å². The number of ether oxygens (including phenoxy) is 1. The lowest BCUT2D eigenvalue weighted by Gasteiger charge is -2.09. The number of ketones is 1. The van der Waals surface area contributed by atoms with E-state index in [9.17, 15) is 13.6 Å². The third-order valence-electron chi connectivity index (χ3n) is 2.88. The van der Waals surface area contributed by atoms with Crippen LogP contribution in [0.1, 0.15) is 16.1 Å². The van der Waals surface area contributed by atoms with Gasteiger partial charge in [-0.05, 0) is 46.3 Å². The highest BCUT2D eigenvalue weighted by Gasteiger charge is 2.12. The fourth-order valence-corrected chi connectivity index (χ4v) is 2.07. The van der Waals surface area contributed by atoms with E-state index in [2.05, 4.69) is 26.4 Å². The summed E-state index contributed by atoms with van der Waals surface area (Å²) in [7, 11) is 1.44. The molecule has 0 saturated carbocycles. The van der Waals surface area contributed by atoms with Gasteiger partial charge in [0.25, 0.3) is 0 Å². The normalized spacial score (nSPS) is 10.3. The molecule has 0 amide bonds. The van der Waals surface area contributed by atoms with Crippen LogP contribution >= 0.6 is 15.9 Å². The molecule has 2 aromatic rings. The molecule has 0 bridgehead atoms. The summed E-state index contributed by atoms with van der Waals surface area (Å²) in [6, 6.07) is 5.98. The first-order valence-corrected chi connectivity index (χ1v) is 7.37. The summed E-state index contributed by atoms with van der Waals surface area (Å²) in [5, 5.41) is 7.79. The number of hydrogen-bond donors (Lipinski definition) is 2. The molecule has 1 heterocycles. The lowest BCUT2D eigenvalue weighted by molar-refractivity contribution is 0.0607. The molecule has 0 aliphatic carbocycles. The first-order valence-electron chi connectivity index (χ1n) is 6.58. The van der Waals surface area contributed by atoms with Crippen molar-refractivity contribution in [2.75, 3.05) is 13.7 Å². The zero-order valence-corrected chi connectivity index (χ0v) is 14.0. The van der Waals surface area contributed by atoms with Crippen LogP contribution in [0.15, 0.2) is 34.8 Å². The van der Waals surface area contributed by atoms with E-state index in [1.807, 2.05) is 0 Å². The smallest absolute Gasteiger partial charge is 0.228 e. The van der Waals surface area contributed by atoms with Gasteiger partial charge in [0.15, 0.2) is 23.3 Å². The van der Waals surface area contributed by atoms with Crippen LogP contribution < -0.4 is 10.2 Å². The molecular weight excluding hydrogens is 388 g/mol. The maximum atomic E-state index is 13.1. The van der Waals surface area contributed by atoms with Gasteiger partial charge in [-0.3, -0.25) is 15.0 Å². The third kappa shape index (κ3) is 4.33. The molecule has 2 rings (SSSR count). The monoisotopic (exact) mass is 399 g/mol. The summed E-state index contributed by atoms with van der Waals surface area (Å²) in [5.41, 5.74) is 2.45. The molecule has 0 saturated heterocycles. The fourth-order valence-electron chi connectivity index (χ4n) is 1.68. The minimum Gasteiger partial charge on any atom is -0.480 e. The van der Waals surface area contributed by atoms with Crippen molar-refractivity contribution in [2.24, 2.45) is 0 Å². The minimum atomic E-state index is -1.12. The van der Waals surface area contributed by atoms with Gasteiger partial charge >= 0.3 is 0 Å². The van der Waals surface area contributed by atoms with Crippen LogP contribution in [0, 0.1) is 17.0 Å². The van der Waals surface area contributed by atoms with Crippen molar-refractivity contribution in [2.45, 2.75) is 0 Å². The summed E-state index contributed by atoms with van der Waals surface area (Å²) < 4.78 is 31.5. The van der Waals surface area contributed by atoms with Gasteiger partial charge in [-0.15, -0.1) is 0 Å². The number of nitrogens with one attached hydrogen (secondary N) is 2. The molecule has 9 heteroatoms. The summed E-state index contributed by atoms with van der Waals surface area (Å²) in [6.07, 6.45) is 0. The van der Waals surface area contributed by atoms with E-state index in [1.54, 1.807) is 12.1 Å². The minimum absolute atomic E-state index is 0.0364. The van der Waals surface area contributed by atoms with Crippen LogP contribution in [-0.2, 0) is 4.84 Å². The van der Waals surface area contributed by atoms with Crippen LogP contribution in [0.3, 0.4) is 0 Å². The maximum Gasteiger partial charge on any atom is 0.228 e. The number of aromatic nitrogens is 1. The van der Waals surface area contributed by atoms with Crippen LogP contribution in [0.4, 0.5) is 8.78 Å². The van der Waals surface area contributed by atoms with Crippen molar-refractivity contribution in [1.82, 2.24) is 10.5 Å². The summed E-state index contributed by atoms with van der Waals surface area (Å²) in [4.78, 5) is 20.8. The van der Waals surface area contributed by atoms with E-state index in [0.717, 1.165) is 18.2 Å². The van der Waals surface area contributed by atoms with Crippen molar-refractivity contribution in [3.63, 3.8) is 0 Å². The Labute approximate surface area is 144 Å². The fraction of sp³-hybridized carbons (Fsp3) is 0.133. The number of carbonyl (C=O) groups is 1. The van der Waals surface area contributed by atoms with Gasteiger partial charge in [0.1, 0.15) is 12.3 Å². The highest BCUT2D eigenvalue weighted by atomic mass is 79.9. The standard InChI is InChI=1S/C15H12BrF2N3O3/c1-23-15-9(16)3-5-12(20-15)14(19)21-24-7-13(22)8-2-4-10(17)11(18)6-8/h2-6H,7H2,1H3,(H2,19,21). The van der Waals surface area contributed by atoms with Gasteiger partial charge in [0, 0.05) is 5.56 Å². The number of carbonyl (C=O) groups excluding carboxylic acids is 1. The van der Waals surface area contributed by atoms with Crippen molar-refractivity contribution in [1.29, 1.82) is 5.41 Å². The molecule has 24 heavy (non-hydrogen) atoms. The first-order chi connectivity index (χ1) is 11.4. The second kappa shape index (κ2) is 7.93. The number of hydroxylamine groups is 1. The lowest BCUT2D eigenvalue weighted by Crippen LogP contribution is -2.27. The summed E-state index contributed by atoms with van der Waals surface area (Å²) in [5.74, 6) is -2.64. The molecule has 0 unspecified atom stereocenters. The predicted octanol–water partition coefficient (Wildman–Crippen LogP) is 2.86. The molecule has 0 fully saturated rings. The van der Waals surface area contributed by atoms with Gasteiger partial charge in [-0.25, -0.2) is 19.2 Å². The number of pyridine rings is 1. The quantitative estimate of drug-likeness (QED) is 0.337. The Balaban J connectivity index is 1.92. The molecule has 0 aliphatic heterocycles. The Morgan fingerprint density at radius 2 is 2.04 bits per heavy atom. The van der Waals surface area contributed by atoms with Crippen LogP contribution in [-0.4, -0.2) is 30.3 Å². The van der Waals surface area contributed by atoms with Crippen molar-refractivity contribution >= 4 is 27.5 Å². The number of Topliss-reactive ketones (excluding diaryl/α,β-unsaturated/α-hetero) is 1. The van der Waals surface area contributed by atoms with E-state index in [4.69, 9.17) is 15.0 Å². The number of rotatable bonds is 6. The molecular formula is C15H12BrF2N3O3. The van der Waals surface area contributed by atoms with Crippen molar-refractivity contribution in [3.05, 3.63) is 57.7 Å². The third-order valence-corrected chi connectivity index (χ3v) is 3.49. The Morgan fingerprint density at radius 1 is 1.29 bits per heavy atom. The summed E-state index contributed by atoms with van der Waals surface area (Å²) >= 11 is 3.24. The Kier molecular flexibility index (Phi) is 5.93. The Hall–Kier alpha value is -2.39. The van der Waals surface area contributed by atoms with Crippen LogP contribution in [0.5, 0.6) is 5.88 Å². The number of amidine groups is 1. The van der Waals surface area contributed by atoms with Crippen LogP contribution in [0.25, 0.3) is 0 Å². The zero-order valence-electron chi connectivity index (χ0n) is 12.4. The number of hydrogen-bond acceptors (Lipinski definition) is 5. The van der Waals surface area contributed by atoms with E-state index in [-0.39, 0.29) is 23.0 Å². The maximum absolute atomic E-state index is 13.1. The average Bonchev–Trinajstić information content (AvgIpc) is 2.57. The highest BCUT2D eigenvalue weighted by Crippen LogP contribution is 2.21. The lowest BCUT2D eigenvalue weighted by atomic mass is 10.1. The van der Waals surface area contributed by atoms with Crippen LogP contribution in [0.2, 0.25) is 0 Å². The molecule has 0 aliphatic rings. The molecule has 0 atom stereocenters. The molecule has 1 aromatic heterocycles. The van der Waals surface area contributed by atoms with Gasteiger partial charge in [-0.2, -0.15) is 0 Å².